The number of benzene rings is 1. The van der Waals surface area contributed by atoms with Crippen molar-refractivity contribution in [3.63, 3.8) is 0 Å². The van der Waals surface area contributed by atoms with Gasteiger partial charge in [0.25, 0.3) is 0 Å². The minimum Gasteiger partial charge on any atom is -0.497 e. The Bertz CT molecular complexity index is 531. The molecule has 0 bridgehead atoms. The molecule has 1 aromatic carbocycles. The number of nitrogens with one attached hydrogen (secondary N) is 2. The van der Waals surface area contributed by atoms with Crippen molar-refractivity contribution in [2.75, 3.05) is 13.7 Å². The highest BCUT2D eigenvalue weighted by Crippen LogP contribution is 2.24. The Morgan fingerprint density at radius 2 is 2.33 bits per heavy atom. The Labute approximate surface area is 106 Å². The predicted octanol–water partition coefficient (Wildman–Crippen LogP) is 1.90. The third-order valence-corrected chi connectivity index (χ3v) is 3.22. The zero-order chi connectivity index (χ0) is 12.4. The number of nitrogens with zero attached hydrogens (tertiary/aromatic N) is 2. The van der Waals surface area contributed by atoms with Crippen LogP contribution in [-0.2, 0) is 0 Å². The van der Waals surface area contributed by atoms with Crippen molar-refractivity contribution in [1.29, 1.82) is 0 Å². The first-order valence-corrected chi connectivity index (χ1v) is 6.17. The monoisotopic (exact) mass is 244 g/mol. The third-order valence-electron chi connectivity index (χ3n) is 3.22. The Balaban J connectivity index is 1.87. The van der Waals surface area contributed by atoms with Gasteiger partial charge in [0.1, 0.15) is 11.6 Å². The summed E-state index contributed by atoms with van der Waals surface area (Å²) in [6.07, 6.45) is 2.31. The summed E-state index contributed by atoms with van der Waals surface area (Å²) in [6, 6.07) is 8.09. The second-order valence-electron chi connectivity index (χ2n) is 4.43. The highest BCUT2D eigenvalue weighted by molar-refractivity contribution is 5.57. The van der Waals surface area contributed by atoms with E-state index in [9.17, 15) is 0 Å². The number of aromatic amines is 1. The summed E-state index contributed by atoms with van der Waals surface area (Å²) >= 11 is 0. The van der Waals surface area contributed by atoms with E-state index in [2.05, 4.69) is 20.5 Å². The van der Waals surface area contributed by atoms with Gasteiger partial charge in [-0.25, -0.2) is 4.98 Å². The van der Waals surface area contributed by atoms with E-state index in [1.165, 1.54) is 6.42 Å². The van der Waals surface area contributed by atoms with Gasteiger partial charge in [0.2, 0.25) is 0 Å². The van der Waals surface area contributed by atoms with Crippen molar-refractivity contribution >= 4 is 0 Å². The van der Waals surface area contributed by atoms with Crippen LogP contribution in [0.15, 0.2) is 24.3 Å². The lowest BCUT2D eigenvalue weighted by Gasteiger charge is -2.04. The zero-order valence-electron chi connectivity index (χ0n) is 10.3. The van der Waals surface area contributed by atoms with Crippen LogP contribution in [0.1, 0.15) is 24.7 Å². The second-order valence-corrected chi connectivity index (χ2v) is 4.43. The summed E-state index contributed by atoms with van der Waals surface area (Å²) in [5.74, 6) is 2.46. The van der Waals surface area contributed by atoms with Crippen LogP contribution in [0.3, 0.4) is 0 Å². The fourth-order valence-corrected chi connectivity index (χ4v) is 2.24. The molecule has 0 aliphatic carbocycles. The van der Waals surface area contributed by atoms with Crippen LogP contribution in [0.4, 0.5) is 0 Å². The van der Waals surface area contributed by atoms with Crippen molar-refractivity contribution in [3.8, 4) is 17.1 Å². The first-order valence-electron chi connectivity index (χ1n) is 6.17. The van der Waals surface area contributed by atoms with Gasteiger partial charge in [-0.1, -0.05) is 12.1 Å². The SMILES string of the molecule is COc1cccc(-c2n[nH]c(C3CCCN3)n2)c1. The number of H-pyrrole nitrogens is 1. The predicted molar refractivity (Wildman–Crippen MR) is 68.3 cm³/mol. The molecule has 18 heavy (non-hydrogen) atoms. The fraction of sp³-hybridized carbons (Fsp3) is 0.385. The molecule has 2 N–H and O–H groups in total. The lowest BCUT2D eigenvalue weighted by atomic mass is 10.2. The minimum atomic E-state index is 0.317. The van der Waals surface area contributed by atoms with Crippen molar-refractivity contribution < 1.29 is 4.74 Å². The molecule has 1 aliphatic rings. The molecule has 0 saturated carbocycles. The summed E-state index contributed by atoms with van der Waals surface area (Å²) < 4.78 is 5.20. The standard InChI is InChI=1S/C13H16N4O/c1-18-10-5-2-4-9(8-10)12-15-13(17-16-12)11-6-3-7-14-11/h2,4-5,8,11,14H,3,6-7H2,1H3,(H,15,16,17). The van der Waals surface area contributed by atoms with E-state index < -0.39 is 0 Å². The molecule has 2 heterocycles. The van der Waals surface area contributed by atoms with E-state index in [4.69, 9.17) is 4.74 Å². The molecule has 94 valence electrons. The van der Waals surface area contributed by atoms with Crippen molar-refractivity contribution in [2.24, 2.45) is 0 Å². The molecular weight excluding hydrogens is 228 g/mol. The first-order chi connectivity index (χ1) is 8.86. The van der Waals surface area contributed by atoms with Gasteiger partial charge in [-0.3, -0.25) is 5.10 Å². The molecule has 2 aromatic rings. The Kier molecular flexibility index (Phi) is 2.98. The van der Waals surface area contributed by atoms with Crippen LogP contribution in [0.2, 0.25) is 0 Å². The van der Waals surface area contributed by atoms with Gasteiger partial charge < -0.3 is 10.1 Å². The highest BCUT2D eigenvalue weighted by Gasteiger charge is 2.20. The number of hydrogen-bond acceptors (Lipinski definition) is 4. The van der Waals surface area contributed by atoms with Gasteiger partial charge in [0.15, 0.2) is 5.82 Å². The van der Waals surface area contributed by atoms with E-state index in [0.29, 0.717) is 6.04 Å². The maximum absolute atomic E-state index is 5.20. The summed E-state index contributed by atoms with van der Waals surface area (Å²) in [5, 5.41) is 10.7. The van der Waals surface area contributed by atoms with Crippen LogP contribution >= 0.6 is 0 Å². The third kappa shape index (κ3) is 2.09. The molecule has 5 heteroatoms. The van der Waals surface area contributed by atoms with Gasteiger partial charge >= 0.3 is 0 Å². The molecule has 1 fully saturated rings. The van der Waals surface area contributed by atoms with Crippen LogP contribution in [-0.4, -0.2) is 28.8 Å². The van der Waals surface area contributed by atoms with E-state index in [1.54, 1.807) is 7.11 Å². The van der Waals surface area contributed by atoms with Crippen molar-refractivity contribution in [1.82, 2.24) is 20.5 Å². The molecular formula is C13H16N4O. The molecule has 0 amide bonds. The lowest BCUT2D eigenvalue weighted by Crippen LogP contribution is -2.14. The molecule has 0 radical (unpaired) electrons. The quantitative estimate of drug-likeness (QED) is 0.865. The zero-order valence-corrected chi connectivity index (χ0v) is 10.3. The van der Waals surface area contributed by atoms with Crippen LogP contribution in [0, 0.1) is 0 Å². The maximum Gasteiger partial charge on any atom is 0.181 e. The summed E-state index contributed by atoms with van der Waals surface area (Å²) in [7, 11) is 1.66. The van der Waals surface area contributed by atoms with Gasteiger partial charge in [0, 0.05) is 5.56 Å². The van der Waals surface area contributed by atoms with Gasteiger partial charge in [-0.15, -0.1) is 0 Å². The number of hydrogen-bond donors (Lipinski definition) is 2. The Morgan fingerprint density at radius 3 is 3.11 bits per heavy atom. The van der Waals surface area contributed by atoms with Gasteiger partial charge in [0.05, 0.1) is 13.2 Å². The maximum atomic E-state index is 5.20. The lowest BCUT2D eigenvalue weighted by molar-refractivity contribution is 0.415. The highest BCUT2D eigenvalue weighted by atomic mass is 16.5. The summed E-state index contributed by atoms with van der Waals surface area (Å²) in [4.78, 5) is 4.55. The van der Waals surface area contributed by atoms with E-state index in [-0.39, 0.29) is 0 Å². The summed E-state index contributed by atoms with van der Waals surface area (Å²) in [5.41, 5.74) is 0.967. The number of ether oxygens (including phenoxy) is 1. The topological polar surface area (TPSA) is 62.8 Å². The smallest absolute Gasteiger partial charge is 0.181 e. The second kappa shape index (κ2) is 4.78. The van der Waals surface area contributed by atoms with Crippen LogP contribution < -0.4 is 10.1 Å². The van der Waals surface area contributed by atoms with Crippen LogP contribution in [0.25, 0.3) is 11.4 Å². The van der Waals surface area contributed by atoms with Crippen molar-refractivity contribution in [3.05, 3.63) is 30.1 Å². The first kappa shape index (κ1) is 11.2. The molecule has 1 saturated heterocycles. The minimum absolute atomic E-state index is 0.317. The van der Waals surface area contributed by atoms with E-state index >= 15 is 0 Å². The molecule has 3 rings (SSSR count). The van der Waals surface area contributed by atoms with Crippen molar-refractivity contribution in [2.45, 2.75) is 18.9 Å². The molecule has 5 nitrogen and oxygen atoms in total. The average molecular weight is 244 g/mol. The number of methoxy groups -OCH3 is 1. The average Bonchev–Trinajstić information content (AvgIpc) is 3.09. The number of rotatable bonds is 3. The Morgan fingerprint density at radius 1 is 1.39 bits per heavy atom. The number of aromatic nitrogens is 3. The van der Waals surface area contributed by atoms with E-state index in [1.807, 2.05) is 24.3 Å². The molecule has 1 aromatic heterocycles. The van der Waals surface area contributed by atoms with Crippen LogP contribution in [0.5, 0.6) is 5.75 Å². The summed E-state index contributed by atoms with van der Waals surface area (Å²) in [6.45, 7) is 1.06. The van der Waals surface area contributed by atoms with E-state index in [0.717, 1.165) is 35.9 Å². The molecule has 1 atom stereocenters. The Hall–Kier alpha value is -1.88. The van der Waals surface area contributed by atoms with Gasteiger partial charge in [-0.05, 0) is 31.5 Å². The molecule has 1 aliphatic heterocycles. The normalized spacial score (nSPS) is 19.1. The van der Waals surface area contributed by atoms with Gasteiger partial charge in [-0.2, -0.15) is 5.10 Å². The largest absolute Gasteiger partial charge is 0.497 e. The molecule has 1 unspecified atom stereocenters. The fourth-order valence-electron chi connectivity index (χ4n) is 2.24. The molecule has 0 spiro atoms.